The number of aromatic nitrogens is 2. The number of amides is 2. The molecule has 2 aliphatic heterocycles. The Morgan fingerprint density at radius 2 is 2.03 bits per heavy atom. The van der Waals surface area contributed by atoms with Crippen LogP contribution in [0.3, 0.4) is 0 Å². The molecule has 3 aliphatic rings. The number of rotatable bonds is 8. The van der Waals surface area contributed by atoms with Gasteiger partial charge in [0.1, 0.15) is 17.8 Å². The van der Waals surface area contributed by atoms with Crippen molar-refractivity contribution >= 4 is 29.3 Å². The fourth-order valence-electron chi connectivity index (χ4n) is 5.40. The maximum atomic E-state index is 13.8. The molecule has 2 amide bonds. The van der Waals surface area contributed by atoms with Crippen molar-refractivity contribution in [3.63, 3.8) is 0 Å². The number of carbonyl (C=O) groups is 2. The number of ether oxygens (including phenoxy) is 2. The van der Waals surface area contributed by atoms with Crippen LogP contribution in [-0.4, -0.2) is 73.6 Å². The summed E-state index contributed by atoms with van der Waals surface area (Å²) in [4.78, 5) is 39.7. The summed E-state index contributed by atoms with van der Waals surface area (Å²) in [6, 6.07) is 5.63. The van der Waals surface area contributed by atoms with Crippen LogP contribution >= 0.6 is 0 Å². The number of benzene rings is 1. The second-order valence-electron chi connectivity index (χ2n) is 10.1. The highest BCUT2D eigenvalue weighted by Crippen LogP contribution is 2.44. The van der Waals surface area contributed by atoms with E-state index in [1.165, 1.54) is 0 Å². The zero-order chi connectivity index (χ0) is 25.3. The van der Waals surface area contributed by atoms with Gasteiger partial charge >= 0.3 is 0 Å². The van der Waals surface area contributed by atoms with Crippen molar-refractivity contribution in [2.45, 2.75) is 44.6 Å². The lowest BCUT2D eigenvalue weighted by Crippen LogP contribution is -2.56. The minimum absolute atomic E-state index is 0.0586. The van der Waals surface area contributed by atoms with E-state index in [1.807, 2.05) is 32.3 Å². The maximum Gasteiger partial charge on any atom is 0.244 e. The van der Waals surface area contributed by atoms with E-state index in [1.54, 1.807) is 18.2 Å². The van der Waals surface area contributed by atoms with Gasteiger partial charge in [0.2, 0.25) is 17.8 Å². The van der Waals surface area contributed by atoms with E-state index in [0.29, 0.717) is 49.3 Å². The summed E-state index contributed by atoms with van der Waals surface area (Å²) in [5.41, 5.74) is 0.545. The Kier molecular flexibility index (Phi) is 6.70. The van der Waals surface area contributed by atoms with Crippen molar-refractivity contribution in [3.8, 4) is 11.5 Å². The smallest absolute Gasteiger partial charge is 0.244 e. The van der Waals surface area contributed by atoms with Crippen LogP contribution < -0.4 is 25.0 Å². The van der Waals surface area contributed by atoms with E-state index in [0.717, 1.165) is 43.5 Å². The molecule has 1 saturated heterocycles. The molecule has 5 rings (SSSR count). The van der Waals surface area contributed by atoms with Gasteiger partial charge in [0.15, 0.2) is 11.5 Å². The van der Waals surface area contributed by atoms with Gasteiger partial charge in [0.05, 0.1) is 7.11 Å². The number of carbonyl (C=O) groups excluding carboxylic acids is 2. The van der Waals surface area contributed by atoms with Crippen molar-refractivity contribution < 1.29 is 19.1 Å². The van der Waals surface area contributed by atoms with E-state index in [9.17, 15) is 9.59 Å². The zero-order valence-electron chi connectivity index (χ0n) is 21.2. The SMILES string of the molecule is COc1cc(Nc2ncc3c(n2)N(C2CCCC2)C(=O)[C@]2(CCNC2=O)C3)ccc1OCCN(C)C. The van der Waals surface area contributed by atoms with Gasteiger partial charge in [-0.1, -0.05) is 12.8 Å². The molecule has 3 heterocycles. The third-order valence-electron chi connectivity index (χ3n) is 7.37. The summed E-state index contributed by atoms with van der Waals surface area (Å²) in [5.74, 6) is 1.97. The lowest BCUT2D eigenvalue weighted by Gasteiger charge is -2.40. The summed E-state index contributed by atoms with van der Waals surface area (Å²) in [5, 5.41) is 6.11. The molecule has 0 bridgehead atoms. The second-order valence-corrected chi connectivity index (χ2v) is 10.1. The number of nitrogens with one attached hydrogen (secondary N) is 2. The molecular weight excluding hydrogens is 460 g/mol. The summed E-state index contributed by atoms with van der Waals surface area (Å²) < 4.78 is 11.4. The first-order valence-electron chi connectivity index (χ1n) is 12.6. The Morgan fingerprint density at radius 1 is 1.22 bits per heavy atom. The predicted octanol–water partition coefficient (Wildman–Crippen LogP) is 2.51. The first kappa shape index (κ1) is 24.3. The molecule has 1 aromatic heterocycles. The van der Waals surface area contributed by atoms with Crippen molar-refractivity contribution in [1.82, 2.24) is 20.2 Å². The summed E-state index contributed by atoms with van der Waals surface area (Å²) in [7, 11) is 5.60. The molecule has 1 spiro atoms. The second kappa shape index (κ2) is 9.93. The van der Waals surface area contributed by atoms with Crippen molar-refractivity contribution in [2.24, 2.45) is 5.41 Å². The van der Waals surface area contributed by atoms with Crippen LogP contribution in [0.25, 0.3) is 0 Å². The Hall–Kier alpha value is -3.40. The molecule has 0 unspecified atom stereocenters. The Bertz CT molecular complexity index is 1150. The molecular formula is C26H34N6O4. The van der Waals surface area contributed by atoms with Crippen LogP contribution in [0.2, 0.25) is 0 Å². The Balaban J connectivity index is 1.41. The minimum atomic E-state index is -1.04. The molecule has 10 nitrogen and oxygen atoms in total. The third kappa shape index (κ3) is 4.45. The monoisotopic (exact) mass is 494 g/mol. The maximum absolute atomic E-state index is 13.8. The van der Waals surface area contributed by atoms with E-state index in [4.69, 9.17) is 14.5 Å². The van der Waals surface area contributed by atoms with Crippen LogP contribution in [0.1, 0.15) is 37.7 Å². The van der Waals surface area contributed by atoms with Gasteiger partial charge < -0.3 is 25.0 Å². The Morgan fingerprint density at radius 3 is 2.72 bits per heavy atom. The van der Waals surface area contributed by atoms with Gasteiger partial charge in [0, 0.05) is 49.1 Å². The summed E-state index contributed by atoms with van der Waals surface area (Å²) in [6.07, 6.45) is 6.58. The average Bonchev–Trinajstić information content (AvgIpc) is 3.51. The van der Waals surface area contributed by atoms with E-state index in [2.05, 4.69) is 20.5 Å². The zero-order valence-corrected chi connectivity index (χ0v) is 21.2. The number of anilines is 3. The highest BCUT2D eigenvalue weighted by molar-refractivity contribution is 6.14. The lowest BCUT2D eigenvalue weighted by atomic mass is 9.76. The summed E-state index contributed by atoms with van der Waals surface area (Å²) >= 11 is 0. The molecule has 1 saturated carbocycles. The fraction of sp³-hybridized carbons (Fsp3) is 0.538. The molecule has 10 heteroatoms. The molecule has 1 aliphatic carbocycles. The minimum Gasteiger partial charge on any atom is -0.493 e. The van der Waals surface area contributed by atoms with Gasteiger partial charge in [-0.25, -0.2) is 4.98 Å². The van der Waals surface area contributed by atoms with Crippen molar-refractivity contribution in [2.75, 3.05) is 51.1 Å². The molecule has 1 atom stereocenters. The largest absolute Gasteiger partial charge is 0.493 e. The predicted molar refractivity (Wildman–Crippen MR) is 136 cm³/mol. The van der Waals surface area contributed by atoms with Crippen LogP contribution in [0, 0.1) is 5.41 Å². The van der Waals surface area contributed by atoms with E-state index >= 15 is 0 Å². The standard InChI is InChI=1S/C26H34N6O4/c1-31(2)12-13-36-20-9-8-18(14-21(20)35-3)29-25-28-16-17-15-26(10-11-27-23(26)33)24(34)32(22(17)30-25)19-6-4-5-7-19/h8-9,14,16,19H,4-7,10-13,15H2,1-3H3,(H,27,33)(H,28,29,30)/t26-/m1/s1. The number of methoxy groups -OCH3 is 1. The first-order valence-corrected chi connectivity index (χ1v) is 12.6. The number of hydrogen-bond donors (Lipinski definition) is 2. The number of likely N-dealkylation sites (N-methyl/N-ethyl adjacent to an activating group) is 1. The molecule has 1 aromatic carbocycles. The highest BCUT2D eigenvalue weighted by Gasteiger charge is 2.56. The number of hydrogen-bond acceptors (Lipinski definition) is 8. The highest BCUT2D eigenvalue weighted by atomic mass is 16.5. The van der Waals surface area contributed by atoms with E-state index < -0.39 is 5.41 Å². The number of nitrogens with zero attached hydrogens (tertiary/aromatic N) is 4. The van der Waals surface area contributed by atoms with E-state index in [-0.39, 0.29) is 17.9 Å². The topological polar surface area (TPSA) is 109 Å². The molecule has 0 radical (unpaired) electrons. The quantitative estimate of drug-likeness (QED) is 0.539. The van der Waals surface area contributed by atoms with Gasteiger partial charge in [-0.15, -0.1) is 0 Å². The molecule has 192 valence electrons. The van der Waals surface area contributed by atoms with Crippen LogP contribution in [-0.2, 0) is 16.0 Å². The van der Waals surface area contributed by atoms with Gasteiger partial charge in [-0.05, 0) is 45.5 Å². The first-order chi connectivity index (χ1) is 17.4. The van der Waals surface area contributed by atoms with Crippen molar-refractivity contribution in [3.05, 3.63) is 30.0 Å². The van der Waals surface area contributed by atoms with Crippen LogP contribution in [0.15, 0.2) is 24.4 Å². The lowest BCUT2D eigenvalue weighted by molar-refractivity contribution is -0.140. The molecule has 2 N–H and O–H groups in total. The number of fused-ring (bicyclic) bond motifs is 1. The van der Waals surface area contributed by atoms with Gasteiger partial charge in [-0.3, -0.25) is 14.5 Å². The van der Waals surface area contributed by atoms with Gasteiger partial charge in [0.25, 0.3) is 0 Å². The fourth-order valence-corrected chi connectivity index (χ4v) is 5.40. The van der Waals surface area contributed by atoms with Crippen molar-refractivity contribution in [1.29, 1.82) is 0 Å². The van der Waals surface area contributed by atoms with Crippen LogP contribution in [0.5, 0.6) is 11.5 Å². The molecule has 2 fully saturated rings. The average molecular weight is 495 g/mol. The third-order valence-corrected chi connectivity index (χ3v) is 7.37. The normalized spacial score (nSPS) is 21.7. The summed E-state index contributed by atoms with van der Waals surface area (Å²) in [6.45, 7) is 1.87. The van der Waals surface area contributed by atoms with Crippen LogP contribution in [0.4, 0.5) is 17.5 Å². The molecule has 36 heavy (non-hydrogen) atoms. The van der Waals surface area contributed by atoms with Gasteiger partial charge in [-0.2, -0.15) is 4.98 Å². The Labute approximate surface area is 211 Å². The molecule has 2 aromatic rings.